The van der Waals surface area contributed by atoms with Crippen LogP contribution < -0.4 is 11.3 Å². The lowest BCUT2D eigenvalue weighted by molar-refractivity contribution is -0.0540. The summed E-state index contributed by atoms with van der Waals surface area (Å²) in [7, 11) is 1.35. The van der Waals surface area contributed by atoms with Crippen molar-refractivity contribution in [2.24, 2.45) is 10.8 Å². The summed E-state index contributed by atoms with van der Waals surface area (Å²) in [6.45, 7) is -5.75. The molecule has 190 valence electrons. The van der Waals surface area contributed by atoms with Crippen molar-refractivity contribution in [2.45, 2.75) is 50.8 Å². The molecule has 0 saturated carbocycles. The zero-order valence-electron chi connectivity index (χ0n) is 18.4. The van der Waals surface area contributed by atoms with E-state index < -0.39 is 42.7 Å². The van der Waals surface area contributed by atoms with Gasteiger partial charge in [-0.25, -0.2) is 23.9 Å². The number of amidine groups is 1. The number of ether oxygens (including phenoxy) is 1. The third-order valence-corrected chi connectivity index (χ3v) is 6.30. The first-order valence-electron chi connectivity index (χ1n) is 10.7. The van der Waals surface area contributed by atoms with Crippen LogP contribution in [0.4, 0.5) is 26.3 Å². The van der Waals surface area contributed by atoms with Crippen molar-refractivity contribution in [3.63, 3.8) is 0 Å². The average molecular weight is 504 g/mol. The molecule has 9 nitrogen and oxygen atoms in total. The topological polar surface area (TPSA) is 87.2 Å². The van der Waals surface area contributed by atoms with E-state index in [-0.39, 0.29) is 42.8 Å². The van der Waals surface area contributed by atoms with Gasteiger partial charge in [0.25, 0.3) is 0 Å². The summed E-state index contributed by atoms with van der Waals surface area (Å²) in [5, 5.41) is 5.18. The molecule has 5 rings (SSSR count). The number of nitrogens with two attached hydrogens (primary N) is 1. The van der Waals surface area contributed by atoms with Crippen LogP contribution in [0.3, 0.4) is 0 Å². The number of aromatic nitrogens is 2. The molecule has 0 spiro atoms. The molecule has 3 aliphatic rings. The number of nitrogens with zero attached hydrogens (tertiary/aromatic N) is 6. The van der Waals surface area contributed by atoms with E-state index in [2.05, 4.69) is 15.6 Å². The van der Waals surface area contributed by atoms with Crippen LogP contribution in [0.1, 0.15) is 41.8 Å². The van der Waals surface area contributed by atoms with Crippen LogP contribution in [0.15, 0.2) is 23.3 Å². The van der Waals surface area contributed by atoms with E-state index in [0.29, 0.717) is 21.7 Å². The fourth-order valence-electron chi connectivity index (χ4n) is 4.73. The number of hydrazone groups is 1. The number of halogens is 6. The standard InChI is InChI=1S/C20H22F6N8O/c1-31-29-18(34(30-31)20(25)26)17-28-14-6-32(7-15(14)33(17)19(23)24)10-5-13(27)16(35-8-10)11-4-9(21)2-3-12(11)22/h2-4,10,13,16,19-20,30H,5-8,27H2,1H3/t10-,13+,16-/m1/s1. The Morgan fingerprint density at radius 1 is 1.14 bits per heavy atom. The summed E-state index contributed by atoms with van der Waals surface area (Å²) >= 11 is 0. The zero-order chi connectivity index (χ0) is 25.0. The molecule has 0 unspecified atom stereocenters. The van der Waals surface area contributed by atoms with Gasteiger partial charge in [0.1, 0.15) is 17.7 Å². The van der Waals surface area contributed by atoms with Crippen molar-refractivity contribution in [1.82, 2.24) is 30.1 Å². The van der Waals surface area contributed by atoms with Crippen molar-refractivity contribution in [2.75, 3.05) is 13.7 Å². The normalized spacial score (nSPS) is 25.2. The number of rotatable bonds is 5. The molecule has 3 aliphatic heterocycles. The minimum absolute atomic E-state index is 0.0237. The maximum absolute atomic E-state index is 14.2. The predicted octanol–water partition coefficient (Wildman–Crippen LogP) is 2.28. The summed E-state index contributed by atoms with van der Waals surface area (Å²) in [5.74, 6) is -2.04. The Morgan fingerprint density at radius 3 is 2.60 bits per heavy atom. The van der Waals surface area contributed by atoms with Gasteiger partial charge in [-0.1, -0.05) is 0 Å². The minimum atomic E-state index is -3.04. The molecular weight excluding hydrogens is 482 g/mol. The van der Waals surface area contributed by atoms with Gasteiger partial charge >= 0.3 is 13.1 Å². The Balaban J connectivity index is 1.34. The van der Waals surface area contributed by atoms with Crippen molar-refractivity contribution >= 4 is 5.84 Å². The van der Waals surface area contributed by atoms with Gasteiger partial charge < -0.3 is 10.5 Å². The highest BCUT2D eigenvalue weighted by Gasteiger charge is 2.41. The summed E-state index contributed by atoms with van der Waals surface area (Å²) in [5.41, 5.74) is 8.97. The molecule has 0 radical (unpaired) electrons. The van der Waals surface area contributed by atoms with E-state index in [1.165, 1.54) is 7.05 Å². The Bertz CT molecular complexity index is 1140. The van der Waals surface area contributed by atoms with Gasteiger partial charge in [0.2, 0.25) is 5.84 Å². The smallest absolute Gasteiger partial charge is 0.331 e. The first kappa shape index (κ1) is 23.8. The zero-order valence-corrected chi connectivity index (χ0v) is 18.4. The van der Waals surface area contributed by atoms with Crippen LogP contribution in [0.5, 0.6) is 0 Å². The van der Waals surface area contributed by atoms with Crippen molar-refractivity contribution in [3.05, 3.63) is 52.6 Å². The first-order chi connectivity index (χ1) is 16.6. The Morgan fingerprint density at radius 2 is 1.91 bits per heavy atom. The van der Waals surface area contributed by atoms with E-state index in [1.54, 1.807) is 0 Å². The molecule has 3 atom stereocenters. The van der Waals surface area contributed by atoms with E-state index in [0.717, 1.165) is 23.3 Å². The summed E-state index contributed by atoms with van der Waals surface area (Å²) in [4.78, 5) is 6.05. The van der Waals surface area contributed by atoms with Crippen molar-refractivity contribution in [3.8, 4) is 0 Å². The molecule has 1 saturated heterocycles. The highest BCUT2D eigenvalue weighted by Crippen LogP contribution is 2.36. The fraction of sp³-hybridized carbons (Fsp3) is 0.500. The monoisotopic (exact) mass is 504 g/mol. The Hall–Kier alpha value is -2.88. The lowest BCUT2D eigenvalue weighted by Gasteiger charge is -2.38. The molecule has 15 heteroatoms. The molecule has 35 heavy (non-hydrogen) atoms. The molecule has 4 heterocycles. The van der Waals surface area contributed by atoms with Crippen molar-refractivity contribution < 1.29 is 31.1 Å². The van der Waals surface area contributed by atoms with E-state index in [4.69, 9.17) is 10.5 Å². The average Bonchev–Trinajstić information content (AvgIpc) is 3.47. The second-order valence-corrected chi connectivity index (χ2v) is 8.55. The minimum Gasteiger partial charge on any atom is -0.370 e. The lowest BCUT2D eigenvalue weighted by Crippen LogP contribution is -2.48. The number of benzene rings is 1. The number of hydrogen-bond donors (Lipinski definition) is 2. The van der Waals surface area contributed by atoms with Gasteiger partial charge in [-0.05, 0) is 24.6 Å². The summed E-state index contributed by atoms with van der Waals surface area (Å²) < 4.78 is 89.0. The first-order valence-corrected chi connectivity index (χ1v) is 10.7. The van der Waals surface area contributed by atoms with Gasteiger partial charge in [-0.2, -0.15) is 17.6 Å². The van der Waals surface area contributed by atoms with Crippen LogP contribution in [0, 0.1) is 11.6 Å². The van der Waals surface area contributed by atoms with Crippen LogP contribution in [-0.2, 0) is 17.8 Å². The highest BCUT2D eigenvalue weighted by molar-refractivity contribution is 5.96. The maximum Gasteiger partial charge on any atom is 0.331 e. The van der Waals surface area contributed by atoms with Gasteiger partial charge in [0.05, 0.1) is 18.0 Å². The van der Waals surface area contributed by atoms with Crippen LogP contribution in [-0.4, -0.2) is 62.7 Å². The number of alkyl halides is 4. The number of hydrogen-bond acceptors (Lipinski definition) is 8. The molecule has 3 N–H and O–H groups in total. The molecule has 0 bridgehead atoms. The second kappa shape index (κ2) is 8.96. The third-order valence-electron chi connectivity index (χ3n) is 6.30. The van der Waals surface area contributed by atoms with E-state index >= 15 is 0 Å². The molecule has 1 aromatic carbocycles. The molecule has 1 fully saturated rings. The van der Waals surface area contributed by atoms with Gasteiger partial charge in [0, 0.05) is 37.8 Å². The van der Waals surface area contributed by atoms with E-state index in [1.807, 2.05) is 4.90 Å². The SMILES string of the molecule is CN1N=C(c2nc3c(n2C(F)F)CN([C@H]2CO[C@H](c4cc(F)ccc4F)[C@@H](N)C2)C3)N(C(F)F)N1. The maximum atomic E-state index is 14.2. The largest absolute Gasteiger partial charge is 0.370 e. The highest BCUT2D eigenvalue weighted by atomic mass is 19.3. The van der Waals surface area contributed by atoms with Gasteiger partial charge in [-0.15, -0.1) is 10.6 Å². The third kappa shape index (κ3) is 4.22. The summed E-state index contributed by atoms with van der Waals surface area (Å²) in [6.07, 6.45) is -0.510. The molecule has 0 aliphatic carbocycles. The second-order valence-electron chi connectivity index (χ2n) is 8.55. The van der Waals surface area contributed by atoms with Gasteiger partial charge in [0.15, 0.2) is 5.82 Å². The number of fused-ring (bicyclic) bond motifs is 1. The number of hydrazine groups is 2. The predicted molar refractivity (Wildman–Crippen MR) is 109 cm³/mol. The van der Waals surface area contributed by atoms with Crippen molar-refractivity contribution in [1.29, 1.82) is 0 Å². The Kier molecular flexibility index (Phi) is 6.11. The van der Waals surface area contributed by atoms with Crippen LogP contribution in [0.2, 0.25) is 0 Å². The Labute approximate surface area is 195 Å². The molecular formula is C20H22F6N8O. The molecule has 0 amide bonds. The number of nitrogens with one attached hydrogen (secondary N) is 1. The van der Waals surface area contributed by atoms with E-state index in [9.17, 15) is 26.3 Å². The lowest BCUT2D eigenvalue weighted by atomic mass is 9.93. The van der Waals surface area contributed by atoms with Crippen LogP contribution in [0.25, 0.3) is 0 Å². The quantitative estimate of drug-likeness (QED) is 0.477. The molecule has 2 aromatic rings. The summed E-state index contributed by atoms with van der Waals surface area (Å²) in [6, 6.07) is 2.09. The van der Waals surface area contributed by atoms with Gasteiger partial charge in [-0.3, -0.25) is 9.47 Å². The number of imidazole rings is 1. The van der Waals surface area contributed by atoms with Crippen LogP contribution >= 0.6 is 0 Å². The molecule has 1 aromatic heterocycles. The fourth-order valence-corrected chi connectivity index (χ4v) is 4.73.